The first-order valence-corrected chi connectivity index (χ1v) is 6.86. The molecule has 1 aromatic carbocycles. The van der Waals surface area contributed by atoms with Gasteiger partial charge < -0.3 is 15.8 Å². The molecule has 1 unspecified atom stereocenters. The van der Waals surface area contributed by atoms with E-state index in [1.807, 2.05) is 25.1 Å². The normalized spacial score (nSPS) is 11.7. The van der Waals surface area contributed by atoms with Gasteiger partial charge in [-0.3, -0.25) is 4.79 Å². The topological polar surface area (TPSA) is 64.3 Å². The third-order valence-corrected chi connectivity index (χ3v) is 2.98. The molecule has 0 heterocycles. The minimum absolute atomic E-state index is 0.0148. The van der Waals surface area contributed by atoms with Crippen LogP contribution < -0.4 is 15.8 Å². The summed E-state index contributed by atoms with van der Waals surface area (Å²) in [6.45, 7) is 5.91. The molecule has 0 bridgehead atoms. The van der Waals surface area contributed by atoms with Gasteiger partial charge in [0.05, 0.1) is 4.47 Å². The molecule has 0 aromatic heterocycles. The molecule has 0 aliphatic heterocycles. The van der Waals surface area contributed by atoms with Crippen LogP contribution in [0.15, 0.2) is 35.3 Å². The summed E-state index contributed by atoms with van der Waals surface area (Å²) >= 11 is 3.43. The second kappa shape index (κ2) is 7.96. The molecule has 0 saturated heterocycles. The van der Waals surface area contributed by atoms with Crippen molar-refractivity contribution < 1.29 is 9.53 Å². The number of nitrogens with two attached hydrogens (primary N) is 1. The maximum absolute atomic E-state index is 11.4. The highest BCUT2D eigenvalue weighted by Gasteiger charge is 2.06. The number of hydrogen-bond acceptors (Lipinski definition) is 3. The summed E-state index contributed by atoms with van der Waals surface area (Å²) in [5.41, 5.74) is 6.88. The zero-order valence-corrected chi connectivity index (χ0v) is 12.6. The van der Waals surface area contributed by atoms with E-state index >= 15 is 0 Å². The van der Waals surface area contributed by atoms with Gasteiger partial charge in [-0.15, -0.1) is 6.58 Å². The van der Waals surface area contributed by atoms with Gasteiger partial charge in [0, 0.05) is 12.6 Å². The highest BCUT2D eigenvalue weighted by molar-refractivity contribution is 9.10. The summed E-state index contributed by atoms with van der Waals surface area (Å²) in [7, 11) is 0. The molecule has 4 nitrogen and oxygen atoms in total. The van der Waals surface area contributed by atoms with E-state index in [-0.39, 0.29) is 18.6 Å². The molecule has 0 aliphatic carbocycles. The van der Waals surface area contributed by atoms with Crippen molar-refractivity contribution in [2.24, 2.45) is 5.73 Å². The highest BCUT2D eigenvalue weighted by Crippen LogP contribution is 2.26. The molecule has 104 valence electrons. The van der Waals surface area contributed by atoms with Crippen molar-refractivity contribution in [2.45, 2.75) is 19.4 Å². The zero-order chi connectivity index (χ0) is 14.3. The fourth-order valence-corrected chi connectivity index (χ4v) is 2.08. The summed E-state index contributed by atoms with van der Waals surface area (Å²) in [6, 6.07) is 5.86. The molecule has 1 rings (SSSR count). The SMILES string of the molecule is C=CCNC(=O)COc1ccc(CC(C)N)cc1Br. The molecule has 5 heteroatoms. The van der Waals surface area contributed by atoms with Gasteiger partial charge in [0.25, 0.3) is 5.91 Å². The third kappa shape index (κ3) is 5.89. The first-order chi connectivity index (χ1) is 9.02. The number of benzene rings is 1. The fraction of sp³-hybridized carbons (Fsp3) is 0.357. The second-order valence-corrected chi connectivity index (χ2v) is 5.18. The lowest BCUT2D eigenvalue weighted by Crippen LogP contribution is -2.28. The van der Waals surface area contributed by atoms with Crippen molar-refractivity contribution in [3.05, 3.63) is 40.9 Å². The van der Waals surface area contributed by atoms with Crippen molar-refractivity contribution >= 4 is 21.8 Å². The van der Waals surface area contributed by atoms with Crippen LogP contribution in [0.2, 0.25) is 0 Å². The highest BCUT2D eigenvalue weighted by atomic mass is 79.9. The van der Waals surface area contributed by atoms with Crippen LogP contribution in [-0.4, -0.2) is 25.1 Å². The Morgan fingerprint density at radius 1 is 1.63 bits per heavy atom. The molecule has 1 atom stereocenters. The number of rotatable bonds is 7. The van der Waals surface area contributed by atoms with Gasteiger partial charge in [-0.25, -0.2) is 0 Å². The molecule has 0 fully saturated rings. The average molecular weight is 327 g/mol. The minimum Gasteiger partial charge on any atom is -0.483 e. The Morgan fingerprint density at radius 2 is 2.37 bits per heavy atom. The lowest BCUT2D eigenvalue weighted by molar-refractivity contribution is -0.122. The van der Waals surface area contributed by atoms with Gasteiger partial charge in [-0.05, 0) is 47.0 Å². The monoisotopic (exact) mass is 326 g/mol. The second-order valence-electron chi connectivity index (χ2n) is 4.33. The molecule has 3 N–H and O–H groups in total. The predicted octanol–water partition coefficient (Wildman–Crippen LogP) is 2.02. The van der Waals surface area contributed by atoms with E-state index in [4.69, 9.17) is 10.5 Å². The van der Waals surface area contributed by atoms with Crippen LogP contribution in [0.4, 0.5) is 0 Å². The Kier molecular flexibility index (Phi) is 6.59. The van der Waals surface area contributed by atoms with E-state index in [2.05, 4.69) is 27.8 Å². The largest absolute Gasteiger partial charge is 0.483 e. The fourth-order valence-electron chi connectivity index (χ4n) is 1.54. The van der Waals surface area contributed by atoms with E-state index < -0.39 is 0 Å². The number of amides is 1. The lowest BCUT2D eigenvalue weighted by atomic mass is 10.1. The smallest absolute Gasteiger partial charge is 0.258 e. The molecule has 0 spiro atoms. The summed E-state index contributed by atoms with van der Waals surface area (Å²) in [5, 5.41) is 2.65. The van der Waals surface area contributed by atoms with E-state index in [0.29, 0.717) is 12.3 Å². The predicted molar refractivity (Wildman–Crippen MR) is 80.2 cm³/mol. The van der Waals surface area contributed by atoms with Crippen molar-refractivity contribution in [3.8, 4) is 5.75 Å². The van der Waals surface area contributed by atoms with Gasteiger partial charge in [0.1, 0.15) is 5.75 Å². The van der Waals surface area contributed by atoms with Gasteiger partial charge in [0.2, 0.25) is 0 Å². The maximum atomic E-state index is 11.4. The molecule has 1 amide bonds. The first kappa shape index (κ1) is 15.7. The number of halogens is 1. The molecule has 0 radical (unpaired) electrons. The Hall–Kier alpha value is -1.33. The number of hydrogen-bond donors (Lipinski definition) is 2. The van der Waals surface area contributed by atoms with E-state index in [9.17, 15) is 4.79 Å². The average Bonchev–Trinajstić information content (AvgIpc) is 2.34. The Balaban J connectivity index is 2.55. The Labute approximate surface area is 122 Å². The number of ether oxygens (including phenoxy) is 1. The molecule has 0 saturated carbocycles. The number of nitrogens with one attached hydrogen (secondary N) is 1. The maximum Gasteiger partial charge on any atom is 0.258 e. The van der Waals surface area contributed by atoms with Crippen LogP contribution in [0.3, 0.4) is 0 Å². The van der Waals surface area contributed by atoms with E-state index in [1.165, 1.54) is 0 Å². The lowest BCUT2D eigenvalue weighted by Gasteiger charge is -2.10. The van der Waals surface area contributed by atoms with Gasteiger partial charge >= 0.3 is 0 Å². The van der Waals surface area contributed by atoms with Crippen LogP contribution >= 0.6 is 15.9 Å². The molecule has 0 aliphatic rings. The van der Waals surface area contributed by atoms with Crippen molar-refractivity contribution in [3.63, 3.8) is 0 Å². The van der Waals surface area contributed by atoms with Crippen molar-refractivity contribution in [1.82, 2.24) is 5.32 Å². The first-order valence-electron chi connectivity index (χ1n) is 6.07. The summed E-state index contributed by atoms with van der Waals surface area (Å²) in [4.78, 5) is 11.4. The molecular weight excluding hydrogens is 308 g/mol. The van der Waals surface area contributed by atoms with E-state index in [0.717, 1.165) is 16.5 Å². The van der Waals surface area contributed by atoms with Crippen LogP contribution in [-0.2, 0) is 11.2 Å². The van der Waals surface area contributed by atoms with Gasteiger partial charge in [0.15, 0.2) is 6.61 Å². The molecular formula is C14H19BrN2O2. The quantitative estimate of drug-likeness (QED) is 0.753. The van der Waals surface area contributed by atoms with Crippen LogP contribution in [0, 0.1) is 0 Å². The van der Waals surface area contributed by atoms with Crippen LogP contribution in [0.25, 0.3) is 0 Å². The minimum atomic E-state index is -0.175. The summed E-state index contributed by atoms with van der Waals surface area (Å²) in [5.74, 6) is 0.466. The Bertz CT molecular complexity index is 447. The van der Waals surface area contributed by atoms with Gasteiger partial charge in [-0.2, -0.15) is 0 Å². The summed E-state index contributed by atoms with van der Waals surface area (Å²) in [6.07, 6.45) is 2.43. The number of carbonyl (C=O) groups is 1. The molecule has 19 heavy (non-hydrogen) atoms. The zero-order valence-electron chi connectivity index (χ0n) is 11.0. The van der Waals surface area contributed by atoms with Crippen molar-refractivity contribution in [2.75, 3.05) is 13.2 Å². The Morgan fingerprint density at radius 3 is 2.95 bits per heavy atom. The van der Waals surface area contributed by atoms with E-state index in [1.54, 1.807) is 6.08 Å². The summed E-state index contributed by atoms with van der Waals surface area (Å²) < 4.78 is 6.25. The van der Waals surface area contributed by atoms with Crippen LogP contribution in [0.1, 0.15) is 12.5 Å². The van der Waals surface area contributed by atoms with Crippen LogP contribution in [0.5, 0.6) is 5.75 Å². The third-order valence-electron chi connectivity index (χ3n) is 2.36. The van der Waals surface area contributed by atoms with Gasteiger partial charge in [-0.1, -0.05) is 12.1 Å². The number of carbonyl (C=O) groups excluding carboxylic acids is 1. The standard InChI is InChI=1S/C14H19BrN2O2/c1-3-6-17-14(18)9-19-13-5-4-11(7-10(2)16)8-12(13)15/h3-5,8,10H,1,6-7,9,16H2,2H3,(H,17,18). The molecule has 1 aromatic rings. The van der Waals surface area contributed by atoms with Crippen molar-refractivity contribution in [1.29, 1.82) is 0 Å².